The van der Waals surface area contributed by atoms with Crippen LogP contribution >= 0.6 is 23.5 Å². The summed E-state index contributed by atoms with van der Waals surface area (Å²) in [5.41, 5.74) is 23.7. The predicted molar refractivity (Wildman–Crippen MR) is 450 cm³/mol. The molecule has 2 atom stereocenters. The zero-order valence-electron chi connectivity index (χ0n) is 59.2. The van der Waals surface area contributed by atoms with Crippen LogP contribution in [0.1, 0.15) is 55.6 Å². The number of ether oxygens (including phenoxy) is 2. The Kier molecular flexibility index (Phi) is 18.0. The topological polar surface area (TPSA) is 24.9 Å². The van der Waals surface area contributed by atoms with Crippen molar-refractivity contribution < 1.29 is 9.47 Å². The second-order valence-electron chi connectivity index (χ2n) is 27.2. The lowest BCUT2D eigenvalue weighted by Crippen LogP contribution is -2.28. The molecule has 2 aliphatic carbocycles. The van der Waals surface area contributed by atoms with Gasteiger partial charge in [-0.3, -0.25) is 0 Å². The molecule has 0 aliphatic heterocycles. The first kappa shape index (κ1) is 66.8. The second-order valence-corrected chi connectivity index (χ2v) is 29.5. The summed E-state index contributed by atoms with van der Waals surface area (Å²) in [5.74, 6) is 3.14. The third kappa shape index (κ3) is 12.5. The highest BCUT2D eigenvalue weighted by molar-refractivity contribution is 7.99. The van der Waals surface area contributed by atoms with Gasteiger partial charge in [-0.2, -0.15) is 0 Å². The van der Waals surface area contributed by atoms with E-state index in [2.05, 4.69) is 363 Å². The first-order valence-electron chi connectivity index (χ1n) is 36.5. The first-order chi connectivity index (χ1) is 53.4. The molecule has 514 valence electrons. The van der Waals surface area contributed by atoms with Gasteiger partial charge in [-0.15, -0.1) is 0 Å². The van der Waals surface area contributed by atoms with Crippen LogP contribution in [0.25, 0.3) is 45.5 Å². The molecule has 0 spiro atoms. The van der Waals surface area contributed by atoms with Crippen molar-refractivity contribution in [2.45, 2.75) is 30.4 Å². The van der Waals surface area contributed by atoms with Crippen LogP contribution < -0.4 is 19.3 Å². The van der Waals surface area contributed by atoms with Gasteiger partial charge >= 0.3 is 0 Å². The van der Waals surface area contributed by atoms with Crippen molar-refractivity contribution in [3.05, 3.63) is 469 Å². The van der Waals surface area contributed by atoms with Gasteiger partial charge in [0.15, 0.2) is 0 Å². The Labute approximate surface area is 640 Å². The number of hydrogen-bond donors (Lipinski definition) is 0. The molecule has 0 bridgehead atoms. The quantitative estimate of drug-likeness (QED) is 0.0711. The summed E-state index contributed by atoms with van der Waals surface area (Å²) in [7, 11) is 0. The molecular formula is C102H72N2O2S2. The summed E-state index contributed by atoms with van der Waals surface area (Å²) < 4.78 is 12.9. The van der Waals surface area contributed by atoms with Crippen LogP contribution in [-0.2, 0) is 10.8 Å². The van der Waals surface area contributed by atoms with Crippen LogP contribution in [0, 0.1) is 0 Å². The number of fused-ring (bicyclic) bond motifs is 6. The van der Waals surface area contributed by atoms with E-state index in [4.69, 9.17) is 9.47 Å². The van der Waals surface area contributed by atoms with E-state index < -0.39 is 10.8 Å². The van der Waals surface area contributed by atoms with E-state index in [1.165, 1.54) is 65.4 Å². The lowest BCUT2D eigenvalue weighted by Gasteiger charge is -2.35. The maximum absolute atomic E-state index is 6.45. The molecule has 0 fully saturated rings. The number of rotatable bonds is 21. The Balaban J connectivity index is 0.703. The fourth-order valence-corrected chi connectivity index (χ4v) is 17.6. The molecule has 0 radical (unpaired) electrons. The van der Waals surface area contributed by atoms with Crippen LogP contribution in [0.2, 0.25) is 0 Å². The SMILES string of the molecule is C=Cc1ccc(Sc2ccc(C3(c4ccc(Oc5ccccc5)cc4)c4ccccc4-c4ccc(N(c5ccccc5)c5ccc(-c6ccc(N(c7ccccc7)c7ccc8c(c7)C(c7ccc(Oc9ccccc9)cc7)(c7ccc(Sc9ccc(C=C)cc9)cc7)c7ccccc7-8)cc6)cc5)cc43)cc2)cc1. The zero-order chi connectivity index (χ0) is 72.4. The van der Waals surface area contributed by atoms with Crippen molar-refractivity contribution in [2.24, 2.45) is 0 Å². The summed E-state index contributed by atoms with van der Waals surface area (Å²) in [5, 5.41) is 0. The fourth-order valence-electron chi connectivity index (χ4n) is 16.0. The molecule has 16 aromatic carbocycles. The smallest absolute Gasteiger partial charge is 0.127 e. The highest BCUT2D eigenvalue weighted by Gasteiger charge is 2.48. The number of hydrogen-bond acceptors (Lipinski definition) is 6. The Hall–Kier alpha value is -13.1. The van der Waals surface area contributed by atoms with Gasteiger partial charge in [0.2, 0.25) is 0 Å². The zero-order valence-corrected chi connectivity index (χ0v) is 60.8. The maximum atomic E-state index is 6.45. The van der Waals surface area contributed by atoms with E-state index in [1.54, 1.807) is 23.5 Å². The molecule has 0 saturated heterocycles. The van der Waals surface area contributed by atoms with Gasteiger partial charge in [-0.25, -0.2) is 0 Å². The monoisotopic (exact) mass is 1420 g/mol. The van der Waals surface area contributed by atoms with E-state index in [-0.39, 0.29) is 0 Å². The molecule has 0 heterocycles. The average Bonchev–Trinajstić information content (AvgIpc) is 1.54. The van der Waals surface area contributed by atoms with Crippen molar-refractivity contribution in [1.82, 2.24) is 0 Å². The second kappa shape index (κ2) is 29.1. The van der Waals surface area contributed by atoms with Gasteiger partial charge in [0.25, 0.3) is 0 Å². The molecule has 0 aromatic heterocycles. The summed E-state index contributed by atoms with van der Waals surface area (Å²) in [6, 6.07) is 145. The van der Waals surface area contributed by atoms with Gasteiger partial charge in [0.1, 0.15) is 23.0 Å². The lowest BCUT2D eigenvalue weighted by molar-refractivity contribution is 0.482. The van der Waals surface area contributed by atoms with Crippen LogP contribution in [0.5, 0.6) is 23.0 Å². The Morgan fingerprint density at radius 1 is 0.231 bits per heavy atom. The summed E-state index contributed by atoms with van der Waals surface area (Å²) in [4.78, 5) is 9.46. The summed E-state index contributed by atoms with van der Waals surface area (Å²) in [6.07, 6.45) is 3.77. The van der Waals surface area contributed by atoms with Crippen LogP contribution in [0.15, 0.2) is 433 Å². The minimum absolute atomic E-state index is 0.702. The molecule has 2 aliphatic rings. The number of para-hydroxylation sites is 4. The fraction of sp³-hybridized carbons (Fsp3) is 0.0196. The molecule has 18 rings (SSSR count). The molecule has 0 N–H and O–H groups in total. The number of nitrogens with zero attached hydrogens (tertiary/aromatic N) is 2. The van der Waals surface area contributed by atoms with Crippen molar-refractivity contribution in [3.63, 3.8) is 0 Å². The molecule has 4 nitrogen and oxygen atoms in total. The normalized spacial score (nSPS) is 14.3. The Morgan fingerprint density at radius 3 is 0.843 bits per heavy atom. The molecule has 16 aromatic rings. The van der Waals surface area contributed by atoms with Crippen molar-refractivity contribution in [1.29, 1.82) is 0 Å². The largest absolute Gasteiger partial charge is 0.457 e. The van der Waals surface area contributed by atoms with E-state index in [1.807, 2.05) is 72.8 Å². The minimum Gasteiger partial charge on any atom is -0.457 e. The first-order valence-corrected chi connectivity index (χ1v) is 38.1. The van der Waals surface area contributed by atoms with Crippen molar-refractivity contribution in [2.75, 3.05) is 9.80 Å². The summed E-state index contributed by atoms with van der Waals surface area (Å²) in [6.45, 7) is 7.95. The van der Waals surface area contributed by atoms with Gasteiger partial charge in [-0.1, -0.05) is 279 Å². The molecule has 0 saturated carbocycles. The standard InChI is InChI=1S/C102H72N2O2S2/c1-3-71-33-59-89(60-34-71)107-91-63-45-77(46-64-91)101(75-41-55-87(56-42-75)105-85-25-13-7-14-26-85)97-31-19-17-29-93(97)95-67-53-83(69-99(95)101)103(79-21-9-5-10-22-79)81-49-37-73(38-50-81)74-39-51-82(52-40-74)104(80-23-11-6-12-24-80)84-54-68-96-94-30-18-20-32-98(94)102(100(96)70-84,76-43-57-88(58-44-76)106-86-27-15-8-16-28-86)78-47-65-92(66-48-78)108-90-61-35-72(4-2)36-62-90/h3-70H,1-2H2. The third-order valence-corrected chi connectivity index (χ3v) is 23.0. The number of benzene rings is 16. The van der Waals surface area contributed by atoms with E-state index in [9.17, 15) is 0 Å². The molecule has 0 amide bonds. The average molecular weight is 1420 g/mol. The molecular weight excluding hydrogens is 1350 g/mol. The highest BCUT2D eigenvalue weighted by atomic mass is 32.2. The van der Waals surface area contributed by atoms with Gasteiger partial charge in [0, 0.05) is 53.7 Å². The number of anilines is 6. The minimum atomic E-state index is -0.702. The Bertz CT molecular complexity index is 5530. The van der Waals surface area contributed by atoms with Crippen LogP contribution in [0.4, 0.5) is 34.1 Å². The molecule has 6 heteroatoms. The van der Waals surface area contributed by atoms with Crippen LogP contribution in [0.3, 0.4) is 0 Å². The van der Waals surface area contributed by atoms with Gasteiger partial charge in [-0.05, 0) is 259 Å². The summed E-state index contributed by atoms with van der Waals surface area (Å²) >= 11 is 3.53. The highest BCUT2D eigenvalue weighted by Crippen LogP contribution is 2.60. The van der Waals surface area contributed by atoms with E-state index in [0.717, 1.165) is 100 Å². The maximum Gasteiger partial charge on any atom is 0.127 e. The Morgan fingerprint density at radius 2 is 0.500 bits per heavy atom. The lowest BCUT2D eigenvalue weighted by atomic mass is 9.67. The predicted octanol–water partition coefficient (Wildman–Crippen LogP) is 28.2. The van der Waals surface area contributed by atoms with Crippen molar-refractivity contribution >= 4 is 69.8 Å². The van der Waals surface area contributed by atoms with Crippen LogP contribution in [-0.4, -0.2) is 0 Å². The molecule has 2 unspecified atom stereocenters. The van der Waals surface area contributed by atoms with Gasteiger partial charge in [0.05, 0.1) is 10.8 Å². The molecule has 108 heavy (non-hydrogen) atoms. The van der Waals surface area contributed by atoms with E-state index in [0.29, 0.717) is 0 Å². The van der Waals surface area contributed by atoms with Crippen molar-refractivity contribution in [3.8, 4) is 56.4 Å². The van der Waals surface area contributed by atoms with Gasteiger partial charge < -0.3 is 19.3 Å². The third-order valence-electron chi connectivity index (χ3n) is 21.0. The van der Waals surface area contributed by atoms with E-state index >= 15 is 0 Å².